The van der Waals surface area contributed by atoms with Crippen molar-refractivity contribution in [3.63, 3.8) is 0 Å². The Balaban J connectivity index is 0.00000225. The van der Waals surface area contributed by atoms with Crippen LogP contribution in [-0.4, -0.2) is 5.87 Å². The van der Waals surface area contributed by atoms with Gasteiger partial charge in [-0.2, -0.15) is 21.0 Å². The van der Waals surface area contributed by atoms with Gasteiger partial charge in [0.25, 0.3) is 0 Å². The summed E-state index contributed by atoms with van der Waals surface area (Å²) in [6, 6.07) is 6.59. The molecule has 0 saturated carbocycles. The van der Waals surface area contributed by atoms with Crippen molar-refractivity contribution in [2.24, 2.45) is 0 Å². The molecule has 1 aliphatic carbocycles. The maximum Gasteiger partial charge on any atom is 1.00 e. The Morgan fingerprint density at radius 3 is 1.19 bits per heavy atom. The fourth-order valence-corrected chi connectivity index (χ4v) is 1.18. The molecule has 0 fully saturated rings. The summed E-state index contributed by atoms with van der Waals surface area (Å²) in [6.45, 7) is 0. The van der Waals surface area contributed by atoms with E-state index in [0.717, 1.165) is 0 Å². The number of rotatable bonds is 0. The van der Waals surface area contributed by atoms with Gasteiger partial charge in [-0.3, -0.25) is 5.87 Å². The van der Waals surface area contributed by atoms with Crippen molar-refractivity contribution in [3.05, 3.63) is 33.3 Å². The minimum Gasteiger partial charge on any atom is -0.763 e. The number of hydrogen-bond donors (Lipinski definition) is 0. The van der Waals surface area contributed by atoms with Crippen molar-refractivity contribution < 1.29 is 22.4 Å². The van der Waals surface area contributed by atoms with E-state index >= 15 is 0 Å². The van der Waals surface area contributed by atoms with E-state index in [4.69, 9.17) is 26.5 Å². The molecule has 0 atom stereocenters. The van der Waals surface area contributed by atoms with Gasteiger partial charge < -0.3 is 5.41 Å². The molecule has 1 rings (SSSR count). The van der Waals surface area contributed by atoms with Crippen LogP contribution in [0, 0.1) is 45.3 Å². The van der Waals surface area contributed by atoms with Crippen molar-refractivity contribution in [3.8, 4) is 24.3 Å². The first-order valence-electron chi connectivity index (χ1n) is 3.62. The summed E-state index contributed by atoms with van der Waals surface area (Å²) >= 11 is 0. The topological polar surface area (TPSA) is 117 Å². The molecule has 1 aliphatic rings. The summed E-state index contributed by atoms with van der Waals surface area (Å²) in [4.78, 5) is 0. The van der Waals surface area contributed by atoms with E-state index in [-0.39, 0.29) is 50.2 Å². The van der Waals surface area contributed by atoms with Gasteiger partial charge >= 0.3 is 22.4 Å². The van der Waals surface area contributed by atoms with Crippen LogP contribution >= 0.6 is 0 Å². The monoisotopic (exact) mass is 297 g/mol. The zero-order valence-electron chi connectivity index (χ0n) is 7.54. The molecule has 16 heavy (non-hydrogen) atoms. The van der Waals surface area contributed by atoms with Gasteiger partial charge in [-0.1, -0.05) is 0 Å². The molecule has 6 heteroatoms. The molecule has 5 nitrogen and oxygen atoms in total. The van der Waals surface area contributed by atoms with Gasteiger partial charge in [0.2, 0.25) is 0 Å². The van der Waals surface area contributed by atoms with Crippen LogP contribution in [0.2, 0.25) is 0 Å². The summed E-state index contributed by atoms with van der Waals surface area (Å²) in [5.74, 6) is 1.65. The van der Waals surface area contributed by atoms with Crippen LogP contribution in [0.15, 0.2) is 27.9 Å². The van der Waals surface area contributed by atoms with E-state index in [1.54, 1.807) is 30.1 Å². The van der Waals surface area contributed by atoms with Gasteiger partial charge in [-0.15, -0.1) is 0 Å². The van der Waals surface area contributed by atoms with E-state index < -0.39 is 0 Å². The van der Waals surface area contributed by atoms with Crippen LogP contribution in [0.25, 0.3) is 5.41 Å². The van der Waals surface area contributed by atoms with Gasteiger partial charge in [0.1, 0.15) is 24.3 Å². The van der Waals surface area contributed by atoms with Gasteiger partial charge in [-0.05, 0) is 0 Å². The first kappa shape index (κ1) is 13.6. The predicted molar refractivity (Wildman–Crippen MR) is 48.4 cm³/mol. The second kappa shape index (κ2) is 5.50. The molecular formula is C10AgN5. The number of hydrogen-bond acceptors (Lipinski definition) is 4. The Morgan fingerprint density at radius 2 is 1.00 bits per heavy atom. The van der Waals surface area contributed by atoms with Gasteiger partial charge in [0, 0.05) is 5.57 Å². The van der Waals surface area contributed by atoms with Crippen molar-refractivity contribution >= 4 is 5.87 Å². The zero-order chi connectivity index (χ0) is 11.4. The van der Waals surface area contributed by atoms with Crippen LogP contribution < -0.4 is 0 Å². The fraction of sp³-hybridized carbons (Fsp3) is 0. The van der Waals surface area contributed by atoms with Gasteiger partial charge in [-0.25, -0.2) is 0 Å². The summed E-state index contributed by atoms with van der Waals surface area (Å²) in [5.41, 5.74) is -1.00. The van der Waals surface area contributed by atoms with E-state index in [0.29, 0.717) is 0 Å². The SMILES string of the molecule is N#CC1=C(C#N)C(C#N)=C(C#N)C1=C=[N-].[Ag+]. The second-order valence-corrected chi connectivity index (χ2v) is 2.43. The van der Waals surface area contributed by atoms with Gasteiger partial charge in [0.05, 0.1) is 22.3 Å². The Kier molecular flexibility index (Phi) is 4.68. The molecule has 0 aromatic rings. The molecule has 0 bridgehead atoms. The third kappa shape index (κ3) is 1.72. The molecule has 0 unspecified atom stereocenters. The second-order valence-electron chi connectivity index (χ2n) is 2.43. The van der Waals surface area contributed by atoms with Crippen molar-refractivity contribution in [1.82, 2.24) is 0 Å². The summed E-state index contributed by atoms with van der Waals surface area (Å²) < 4.78 is 0. The third-order valence-corrected chi connectivity index (χ3v) is 1.81. The average molecular weight is 298 g/mol. The van der Waals surface area contributed by atoms with Crippen LogP contribution in [0.4, 0.5) is 0 Å². The van der Waals surface area contributed by atoms with Crippen LogP contribution in [0.3, 0.4) is 0 Å². The molecule has 0 saturated heterocycles. The summed E-state index contributed by atoms with van der Waals surface area (Å²) in [6.07, 6.45) is 0. The molecule has 0 aromatic heterocycles. The molecule has 0 aromatic carbocycles. The Bertz CT molecular complexity index is 568. The van der Waals surface area contributed by atoms with Crippen LogP contribution in [0.5, 0.6) is 0 Å². The fourth-order valence-electron chi connectivity index (χ4n) is 1.18. The quantitative estimate of drug-likeness (QED) is 0.486. The minimum absolute atomic E-state index is 0. The number of nitriles is 4. The Hall–Kier alpha value is -2.37. The molecule has 76 valence electrons. The summed E-state index contributed by atoms with van der Waals surface area (Å²) in [5, 5.41) is 43.6. The zero-order valence-corrected chi connectivity index (χ0v) is 9.02. The largest absolute Gasteiger partial charge is 1.00 e. The average Bonchev–Trinajstić information content (AvgIpc) is 2.59. The van der Waals surface area contributed by atoms with Crippen molar-refractivity contribution in [1.29, 1.82) is 21.0 Å². The molecular weight excluding hydrogens is 298 g/mol. The van der Waals surface area contributed by atoms with Crippen LogP contribution in [0.1, 0.15) is 0 Å². The first-order valence-corrected chi connectivity index (χ1v) is 3.62. The first-order chi connectivity index (χ1) is 7.24. The van der Waals surface area contributed by atoms with E-state index in [2.05, 4.69) is 0 Å². The Labute approximate surface area is 107 Å². The number of nitrogens with zero attached hydrogens (tertiary/aromatic N) is 5. The van der Waals surface area contributed by atoms with Crippen molar-refractivity contribution in [2.45, 2.75) is 0 Å². The molecule has 0 spiro atoms. The van der Waals surface area contributed by atoms with Crippen LogP contribution in [-0.2, 0) is 22.4 Å². The smallest absolute Gasteiger partial charge is 0.763 e. The predicted octanol–water partition coefficient (Wildman–Crippen LogP) is 0.851. The summed E-state index contributed by atoms with van der Waals surface area (Å²) in [7, 11) is 0. The molecule has 0 N–H and O–H groups in total. The molecule has 0 amide bonds. The molecule has 0 heterocycles. The standard InChI is InChI=1S/C10N5.Ag/c11-1-6-7(2-12)9(4-14)10(5-15)8(6)3-13;/q-1;+1. The van der Waals surface area contributed by atoms with E-state index in [1.165, 1.54) is 0 Å². The van der Waals surface area contributed by atoms with E-state index in [1.807, 2.05) is 0 Å². The van der Waals surface area contributed by atoms with Crippen molar-refractivity contribution in [2.75, 3.05) is 0 Å². The molecule has 0 aliphatic heterocycles. The minimum atomic E-state index is -0.201. The molecule has 0 radical (unpaired) electrons. The Morgan fingerprint density at radius 1 is 0.688 bits per heavy atom. The maximum atomic E-state index is 8.72. The maximum absolute atomic E-state index is 8.72. The van der Waals surface area contributed by atoms with Gasteiger partial charge in [0.15, 0.2) is 0 Å². The third-order valence-electron chi connectivity index (χ3n) is 1.81. The normalized spacial score (nSPS) is 12.9. The van der Waals surface area contributed by atoms with E-state index in [9.17, 15) is 0 Å². The number of allylic oxidation sites excluding steroid dienone is 5.